The summed E-state index contributed by atoms with van der Waals surface area (Å²) in [4.78, 5) is 21.8. The van der Waals surface area contributed by atoms with Crippen molar-refractivity contribution in [2.75, 3.05) is 5.32 Å². The molecule has 0 aliphatic heterocycles. The van der Waals surface area contributed by atoms with Crippen LogP contribution < -0.4 is 10.1 Å². The molecule has 0 saturated carbocycles. The Hall–Kier alpha value is -2.88. The molecule has 0 aliphatic rings. The quantitative estimate of drug-likeness (QED) is 0.481. The van der Waals surface area contributed by atoms with Crippen LogP contribution in [0.2, 0.25) is 5.02 Å². The molecule has 0 atom stereocenters. The Labute approximate surface area is 142 Å². The van der Waals surface area contributed by atoms with Crippen LogP contribution in [0.4, 0.5) is 28.9 Å². The zero-order valence-corrected chi connectivity index (χ0v) is 12.7. The second kappa shape index (κ2) is 6.93. The molecule has 2 aromatic rings. The molecule has 0 spiro atoms. The molecule has 6 nitrogen and oxygen atoms in total. The number of non-ortho nitro benzene ring substituents is 1. The molecule has 0 unspecified atom stereocenters. The number of nitro benzene ring substituents is 1. The minimum absolute atomic E-state index is 0.209. The maximum absolute atomic E-state index is 13.0. The Morgan fingerprint density at radius 1 is 1.20 bits per heavy atom. The van der Waals surface area contributed by atoms with Crippen molar-refractivity contribution in [1.29, 1.82) is 0 Å². The smallest absolute Gasteiger partial charge is 0.403 e. The summed E-state index contributed by atoms with van der Waals surface area (Å²) in [5.74, 6) is -2.64. The van der Waals surface area contributed by atoms with E-state index in [1.165, 1.54) is 0 Å². The first kappa shape index (κ1) is 18.5. The summed E-state index contributed by atoms with van der Waals surface area (Å²) in [6.45, 7) is 0. The van der Waals surface area contributed by atoms with Crippen molar-refractivity contribution in [1.82, 2.24) is 0 Å². The van der Waals surface area contributed by atoms with Crippen LogP contribution >= 0.6 is 11.6 Å². The molecule has 0 bridgehead atoms. The highest BCUT2D eigenvalue weighted by molar-refractivity contribution is 6.34. The molecule has 2 rings (SSSR count). The number of nitrogens with one attached hydrogen (secondary N) is 1. The van der Waals surface area contributed by atoms with Gasteiger partial charge in [0.2, 0.25) is 0 Å². The fraction of sp³-hybridized carbons (Fsp3) is 0.0714. The number of anilines is 1. The highest BCUT2D eigenvalue weighted by atomic mass is 35.5. The van der Waals surface area contributed by atoms with Gasteiger partial charge in [0.25, 0.3) is 11.6 Å². The van der Waals surface area contributed by atoms with Gasteiger partial charge in [-0.25, -0.2) is 4.39 Å². The predicted molar refractivity (Wildman–Crippen MR) is 79.1 cm³/mol. The van der Waals surface area contributed by atoms with Gasteiger partial charge in [-0.2, -0.15) is 0 Å². The number of ether oxygens (including phenoxy) is 1. The maximum Gasteiger partial charge on any atom is 0.573 e. The highest BCUT2D eigenvalue weighted by Crippen LogP contribution is 2.34. The van der Waals surface area contributed by atoms with Gasteiger partial charge in [0.1, 0.15) is 5.82 Å². The molecule has 132 valence electrons. The summed E-state index contributed by atoms with van der Waals surface area (Å²) in [5, 5.41) is 12.5. The van der Waals surface area contributed by atoms with Crippen molar-refractivity contribution in [2.45, 2.75) is 6.36 Å². The highest BCUT2D eigenvalue weighted by Gasteiger charge is 2.33. The largest absolute Gasteiger partial charge is 0.573 e. The number of hydrogen-bond acceptors (Lipinski definition) is 4. The Morgan fingerprint density at radius 3 is 2.44 bits per heavy atom. The van der Waals surface area contributed by atoms with Gasteiger partial charge in [-0.3, -0.25) is 14.9 Å². The van der Waals surface area contributed by atoms with Gasteiger partial charge in [0.05, 0.1) is 27.3 Å². The molecule has 0 aromatic heterocycles. The molecule has 0 radical (unpaired) electrons. The number of alkyl halides is 3. The lowest BCUT2D eigenvalue weighted by Gasteiger charge is -2.14. The summed E-state index contributed by atoms with van der Waals surface area (Å²) >= 11 is 5.70. The molecule has 25 heavy (non-hydrogen) atoms. The third-order valence-electron chi connectivity index (χ3n) is 2.83. The normalized spacial score (nSPS) is 11.1. The first-order valence-corrected chi connectivity index (χ1v) is 6.75. The van der Waals surface area contributed by atoms with Gasteiger partial charge in [-0.05, 0) is 24.3 Å². The van der Waals surface area contributed by atoms with Crippen molar-refractivity contribution in [3.8, 4) is 5.75 Å². The summed E-state index contributed by atoms with van der Waals surface area (Å²) in [6.07, 6.45) is -5.14. The van der Waals surface area contributed by atoms with Gasteiger partial charge in [0.15, 0.2) is 5.75 Å². The Morgan fingerprint density at radius 2 is 1.88 bits per heavy atom. The molecule has 1 N–H and O–H groups in total. The number of rotatable bonds is 4. The molecular formula is C14H7ClF4N2O4. The van der Waals surface area contributed by atoms with Crippen LogP contribution in [0.15, 0.2) is 36.4 Å². The average molecular weight is 379 g/mol. The number of carbonyl (C=O) groups is 1. The van der Waals surface area contributed by atoms with E-state index in [0.29, 0.717) is 6.07 Å². The number of nitrogens with zero attached hydrogens (tertiary/aromatic N) is 1. The number of hydrogen-bond donors (Lipinski definition) is 1. The van der Waals surface area contributed by atoms with Crippen LogP contribution in [0.5, 0.6) is 5.75 Å². The van der Waals surface area contributed by atoms with E-state index in [4.69, 9.17) is 11.6 Å². The zero-order valence-electron chi connectivity index (χ0n) is 11.9. The van der Waals surface area contributed by atoms with Crippen molar-refractivity contribution < 1.29 is 32.0 Å². The fourth-order valence-electron chi connectivity index (χ4n) is 1.80. The van der Waals surface area contributed by atoms with Crippen molar-refractivity contribution in [3.05, 3.63) is 62.9 Å². The Kier molecular flexibility index (Phi) is 5.12. The molecule has 2 aromatic carbocycles. The third-order valence-corrected chi connectivity index (χ3v) is 3.14. The van der Waals surface area contributed by atoms with Crippen LogP contribution in [-0.2, 0) is 0 Å². The number of benzene rings is 2. The van der Waals surface area contributed by atoms with E-state index in [2.05, 4.69) is 10.1 Å². The summed E-state index contributed by atoms with van der Waals surface area (Å²) in [5.41, 5.74) is -1.36. The lowest BCUT2D eigenvalue weighted by Crippen LogP contribution is -2.20. The summed E-state index contributed by atoms with van der Waals surface area (Å²) in [7, 11) is 0. The first-order valence-electron chi connectivity index (χ1n) is 6.37. The van der Waals surface area contributed by atoms with E-state index >= 15 is 0 Å². The fourth-order valence-corrected chi connectivity index (χ4v) is 2.05. The van der Waals surface area contributed by atoms with E-state index in [1.54, 1.807) is 0 Å². The van der Waals surface area contributed by atoms with E-state index in [1.807, 2.05) is 0 Å². The molecule has 0 aliphatic carbocycles. The van der Waals surface area contributed by atoms with E-state index in [9.17, 15) is 32.5 Å². The van der Waals surface area contributed by atoms with Gasteiger partial charge < -0.3 is 10.1 Å². The standard InChI is InChI=1S/C14H7ClF4N2O4/c15-10-5-7(16)1-3-9(10)13(22)20-11-4-2-8(21(23)24)6-12(11)25-14(17,18)19/h1-6H,(H,20,22). The van der Waals surface area contributed by atoms with Crippen molar-refractivity contribution in [2.24, 2.45) is 0 Å². The van der Waals surface area contributed by atoms with Gasteiger partial charge in [-0.1, -0.05) is 11.6 Å². The van der Waals surface area contributed by atoms with Crippen LogP contribution in [0.3, 0.4) is 0 Å². The van der Waals surface area contributed by atoms with Gasteiger partial charge in [0, 0.05) is 6.07 Å². The molecule has 1 amide bonds. The van der Waals surface area contributed by atoms with E-state index < -0.39 is 40.1 Å². The molecule has 0 heterocycles. The maximum atomic E-state index is 13.0. The SMILES string of the molecule is O=C(Nc1ccc([N+](=O)[O-])cc1OC(F)(F)F)c1ccc(F)cc1Cl. The number of carbonyl (C=O) groups excluding carboxylic acids is 1. The molecule has 0 saturated heterocycles. The average Bonchev–Trinajstić information content (AvgIpc) is 2.47. The lowest BCUT2D eigenvalue weighted by atomic mass is 10.2. The summed E-state index contributed by atoms with van der Waals surface area (Å²) in [6, 6.07) is 5.07. The van der Waals surface area contributed by atoms with Gasteiger partial charge >= 0.3 is 6.36 Å². The minimum atomic E-state index is -5.14. The van der Waals surface area contributed by atoms with E-state index in [-0.39, 0.29) is 10.6 Å². The minimum Gasteiger partial charge on any atom is -0.403 e. The summed E-state index contributed by atoms with van der Waals surface area (Å²) < 4.78 is 54.0. The van der Waals surface area contributed by atoms with Gasteiger partial charge in [-0.15, -0.1) is 13.2 Å². The van der Waals surface area contributed by atoms with Crippen LogP contribution in [0, 0.1) is 15.9 Å². The predicted octanol–water partition coefficient (Wildman–Crippen LogP) is 4.54. The zero-order chi connectivity index (χ0) is 18.8. The molecular weight excluding hydrogens is 372 g/mol. The monoisotopic (exact) mass is 378 g/mol. The lowest BCUT2D eigenvalue weighted by molar-refractivity contribution is -0.385. The molecule has 11 heteroatoms. The van der Waals surface area contributed by atoms with Crippen molar-refractivity contribution in [3.63, 3.8) is 0 Å². The van der Waals surface area contributed by atoms with Crippen LogP contribution in [0.25, 0.3) is 0 Å². The topological polar surface area (TPSA) is 81.5 Å². The van der Waals surface area contributed by atoms with Crippen LogP contribution in [-0.4, -0.2) is 17.2 Å². The number of amides is 1. The first-order chi connectivity index (χ1) is 11.6. The number of halogens is 5. The Balaban J connectivity index is 2.37. The Bertz CT molecular complexity index is 842. The molecule has 0 fully saturated rings. The second-order valence-corrected chi connectivity index (χ2v) is 4.97. The van der Waals surface area contributed by atoms with E-state index in [0.717, 1.165) is 30.3 Å². The van der Waals surface area contributed by atoms with Crippen LogP contribution in [0.1, 0.15) is 10.4 Å². The third kappa shape index (κ3) is 4.80. The number of nitro groups is 1. The second-order valence-electron chi connectivity index (χ2n) is 4.56. The van der Waals surface area contributed by atoms with Crippen molar-refractivity contribution >= 4 is 28.9 Å².